The number of rotatable bonds is 2. The van der Waals surface area contributed by atoms with Crippen molar-refractivity contribution < 1.29 is 9.90 Å². The Hall–Kier alpha value is -2.47. The summed E-state index contributed by atoms with van der Waals surface area (Å²) in [4.78, 5) is 16.9. The average molecular weight is 313 g/mol. The van der Waals surface area contributed by atoms with Crippen LogP contribution in [0.1, 0.15) is 11.3 Å². The van der Waals surface area contributed by atoms with Crippen LogP contribution in [-0.4, -0.2) is 20.7 Å². The lowest BCUT2D eigenvalue weighted by Gasteiger charge is -2.01. The molecule has 0 unspecified atom stereocenters. The molecule has 1 aromatic heterocycles. The molecule has 1 aromatic carbocycles. The number of aliphatic imine (C=N–C) groups is 1. The molecule has 22 heavy (non-hydrogen) atoms. The maximum Gasteiger partial charge on any atom is 0.264 e. The Labute approximate surface area is 132 Å². The molecule has 1 fully saturated rings. The molecular formula is C16H15N3O2S. The number of thioether (sulfide) groups is 1. The van der Waals surface area contributed by atoms with Crippen molar-refractivity contribution in [3.8, 4) is 5.75 Å². The molecule has 1 aliphatic heterocycles. The molecule has 5 nitrogen and oxygen atoms in total. The number of phenolic OH excluding ortho intramolecular Hbond substituents is 1. The van der Waals surface area contributed by atoms with Gasteiger partial charge in [-0.05, 0) is 54.6 Å². The Balaban J connectivity index is 1.87. The van der Waals surface area contributed by atoms with Gasteiger partial charge >= 0.3 is 0 Å². The molecular weight excluding hydrogens is 298 g/mol. The molecule has 2 heterocycles. The van der Waals surface area contributed by atoms with Crippen LogP contribution in [0, 0.1) is 6.92 Å². The van der Waals surface area contributed by atoms with Crippen LogP contribution in [0.3, 0.4) is 0 Å². The maximum absolute atomic E-state index is 12.0. The molecule has 0 aliphatic carbocycles. The summed E-state index contributed by atoms with van der Waals surface area (Å²) in [6.07, 6.45) is 3.74. The molecule has 0 atom stereocenters. The first-order valence-corrected chi connectivity index (χ1v) is 7.55. The lowest BCUT2D eigenvalue weighted by atomic mass is 10.2. The number of aromatic nitrogens is 1. The Bertz CT molecular complexity index is 805. The number of nitrogens with zero attached hydrogens (tertiary/aromatic N) is 2. The molecule has 1 aliphatic rings. The van der Waals surface area contributed by atoms with E-state index in [2.05, 4.69) is 10.3 Å². The van der Waals surface area contributed by atoms with Crippen molar-refractivity contribution in [1.82, 2.24) is 9.88 Å². The van der Waals surface area contributed by atoms with Crippen molar-refractivity contribution in [1.29, 1.82) is 0 Å². The van der Waals surface area contributed by atoms with Gasteiger partial charge < -0.3 is 15.0 Å². The van der Waals surface area contributed by atoms with E-state index in [1.165, 1.54) is 11.8 Å². The van der Waals surface area contributed by atoms with Gasteiger partial charge in [0.1, 0.15) is 11.4 Å². The second kappa shape index (κ2) is 5.73. The number of nitrogens with one attached hydrogen (secondary N) is 1. The van der Waals surface area contributed by atoms with Crippen molar-refractivity contribution in [3.05, 3.63) is 52.7 Å². The molecule has 112 valence electrons. The minimum Gasteiger partial charge on any atom is -0.506 e. The van der Waals surface area contributed by atoms with E-state index in [9.17, 15) is 9.90 Å². The van der Waals surface area contributed by atoms with Crippen LogP contribution in [0.5, 0.6) is 5.75 Å². The maximum atomic E-state index is 12.0. The van der Waals surface area contributed by atoms with Gasteiger partial charge in [0.15, 0.2) is 5.17 Å². The standard InChI is InChI=1S/C16H15N3O2S/c1-10-5-6-12(13(20)8-10)17-16-18-15(21)14(22-16)9-11-4-3-7-19(11)2/h3-9,20H,1-2H3,(H,17,18,21)/b14-9-. The topological polar surface area (TPSA) is 66.6 Å². The van der Waals surface area contributed by atoms with Crippen LogP contribution in [0.2, 0.25) is 0 Å². The number of benzene rings is 1. The number of amidine groups is 1. The summed E-state index contributed by atoms with van der Waals surface area (Å²) in [7, 11) is 1.92. The highest BCUT2D eigenvalue weighted by Crippen LogP contribution is 2.32. The van der Waals surface area contributed by atoms with Gasteiger partial charge in [-0.1, -0.05) is 6.07 Å². The third kappa shape index (κ3) is 2.92. The van der Waals surface area contributed by atoms with Crippen LogP contribution >= 0.6 is 11.8 Å². The molecule has 0 saturated carbocycles. The lowest BCUT2D eigenvalue weighted by molar-refractivity contribution is -0.115. The van der Waals surface area contributed by atoms with Gasteiger partial charge in [-0.3, -0.25) is 4.79 Å². The normalized spacial score (nSPS) is 18.2. The van der Waals surface area contributed by atoms with Crippen molar-refractivity contribution >= 4 is 34.6 Å². The second-order valence-corrected chi connectivity index (χ2v) is 6.05. The van der Waals surface area contributed by atoms with E-state index in [4.69, 9.17) is 0 Å². The van der Waals surface area contributed by atoms with E-state index in [1.807, 2.05) is 49.0 Å². The van der Waals surface area contributed by atoms with Crippen molar-refractivity contribution in [2.45, 2.75) is 6.92 Å². The molecule has 6 heteroatoms. The monoisotopic (exact) mass is 313 g/mol. The van der Waals surface area contributed by atoms with Gasteiger partial charge in [-0.15, -0.1) is 0 Å². The fraction of sp³-hybridized carbons (Fsp3) is 0.125. The number of amides is 1. The molecule has 0 bridgehead atoms. The first-order valence-electron chi connectivity index (χ1n) is 6.73. The largest absolute Gasteiger partial charge is 0.506 e. The number of aryl methyl sites for hydroxylation is 2. The number of hydrogen-bond donors (Lipinski definition) is 2. The van der Waals surface area contributed by atoms with Gasteiger partial charge in [0.05, 0.1) is 4.91 Å². The zero-order chi connectivity index (χ0) is 15.7. The van der Waals surface area contributed by atoms with E-state index in [1.54, 1.807) is 12.1 Å². The molecule has 3 rings (SSSR count). The third-order valence-corrected chi connectivity index (χ3v) is 4.18. The molecule has 2 aromatic rings. The van der Waals surface area contributed by atoms with E-state index >= 15 is 0 Å². The highest BCUT2D eigenvalue weighted by Gasteiger charge is 2.24. The predicted octanol–water partition coefficient (Wildman–Crippen LogP) is 2.93. The van der Waals surface area contributed by atoms with Crippen LogP contribution in [0.15, 0.2) is 46.4 Å². The summed E-state index contributed by atoms with van der Waals surface area (Å²) in [5.74, 6) is -0.0845. The Morgan fingerprint density at radius 2 is 2.18 bits per heavy atom. The summed E-state index contributed by atoms with van der Waals surface area (Å²) in [5, 5.41) is 13.1. The van der Waals surface area contributed by atoms with Gasteiger partial charge in [0, 0.05) is 18.9 Å². The summed E-state index contributed by atoms with van der Waals surface area (Å²) in [6.45, 7) is 1.89. The number of phenols is 1. The summed E-state index contributed by atoms with van der Waals surface area (Å²) in [6, 6.07) is 9.08. The fourth-order valence-electron chi connectivity index (χ4n) is 2.08. The Morgan fingerprint density at radius 3 is 2.86 bits per heavy atom. The zero-order valence-corrected chi connectivity index (χ0v) is 13.0. The highest BCUT2D eigenvalue weighted by molar-refractivity contribution is 8.18. The summed E-state index contributed by atoms with van der Waals surface area (Å²) in [5.41, 5.74) is 2.33. The van der Waals surface area contributed by atoms with Crippen LogP contribution in [0.4, 0.5) is 5.69 Å². The van der Waals surface area contributed by atoms with Gasteiger partial charge in [0.2, 0.25) is 0 Å². The van der Waals surface area contributed by atoms with Crippen molar-refractivity contribution in [3.63, 3.8) is 0 Å². The number of carbonyl (C=O) groups is 1. The molecule has 2 N–H and O–H groups in total. The Kier molecular flexibility index (Phi) is 3.77. The SMILES string of the molecule is Cc1ccc(N=C2NC(=O)/C(=C/c3cccn3C)S2)c(O)c1. The fourth-order valence-corrected chi connectivity index (χ4v) is 2.90. The quantitative estimate of drug-likeness (QED) is 0.838. The molecule has 0 radical (unpaired) electrons. The average Bonchev–Trinajstić information content (AvgIpc) is 3.01. The van der Waals surface area contributed by atoms with Gasteiger partial charge in [-0.25, -0.2) is 4.99 Å². The number of carbonyl (C=O) groups excluding carboxylic acids is 1. The van der Waals surface area contributed by atoms with Crippen LogP contribution < -0.4 is 5.32 Å². The summed E-state index contributed by atoms with van der Waals surface area (Å²) < 4.78 is 1.93. The van der Waals surface area contributed by atoms with Gasteiger partial charge in [-0.2, -0.15) is 0 Å². The third-order valence-electron chi connectivity index (χ3n) is 3.27. The lowest BCUT2D eigenvalue weighted by Crippen LogP contribution is -2.19. The Morgan fingerprint density at radius 1 is 1.36 bits per heavy atom. The van der Waals surface area contributed by atoms with Crippen LogP contribution in [0.25, 0.3) is 6.08 Å². The number of hydrogen-bond acceptors (Lipinski definition) is 4. The van der Waals surface area contributed by atoms with Crippen molar-refractivity contribution in [2.75, 3.05) is 0 Å². The van der Waals surface area contributed by atoms with E-state index in [0.29, 0.717) is 15.8 Å². The first kappa shape index (κ1) is 14.5. The number of aromatic hydroxyl groups is 1. The van der Waals surface area contributed by atoms with Gasteiger partial charge in [0.25, 0.3) is 5.91 Å². The predicted molar refractivity (Wildman–Crippen MR) is 89.1 cm³/mol. The highest BCUT2D eigenvalue weighted by atomic mass is 32.2. The molecule has 1 saturated heterocycles. The minimum absolute atomic E-state index is 0.0993. The van der Waals surface area contributed by atoms with E-state index < -0.39 is 0 Å². The first-order chi connectivity index (χ1) is 10.5. The molecule has 0 spiro atoms. The zero-order valence-electron chi connectivity index (χ0n) is 12.2. The van der Waals surface area contributed by atoms with Crippen LogP contribution in [-0.2, 0) is 11.8 Å². The molecule has 1 amide bonds. The smallest absolute Gasteiger partial charge is 0.264 e. The second-order valence-electron chi connectivity index (χ2n) is 5.02. The van der Waals surface area contributed by atoms with E-state index in [-0.39, 0.29) is 11.7 Å². The minimum atomic E-state index is -0.184. The summed E-state index contributed by atoms with van der Waals surface area (Å²) >= 11 is 1.26. The van der Waals surface area contributed by atoms with Crippen molar-refractivity contribution in [2.24, 2.45) is 12.0 Å². The van der Waals surface area contributed by atoms with E-state index in [0.717, 1.165) is 11.3 Å².